The number of amides is 1. The van der Waals surface area contributed by atoms with Crippen LogP contribution in [0.5, 0.6) is 0 Å². The van der Waals surface area contributed by atoms with Gasteiger partial charge in [0.05, 0.1) is 24.0 Å². The van der Waals surface area contributed by atoms with E-state index in [2.05, 4.69) is 4.99 Å². The molecule has 4 rings (SSSR count). The predicted molar refractivity (Wildman–Crippen MR) is 113 cm³/mol. The lowest BCUT2D eigenvalue weighted by Crippen LogP contribution is -2.37. The number of nitrogens with zero attached hydrogens (tertiary/aromatic N) is 2. The van der Waals surface area contributed by atoms with Gasteiger partial charge in [-0.15, -0.1) is 0 Å². The number of carbonyl (C=O) groups is 1. The molecule has 0 bridgehead atoms. The van der Waals surface area contributed by atoms with Crippen LogP contribution in [0.3, 0.4) is 0 Å². The van der Waals surface area contributed by atoms with E-state index in [0.29, 0.717) is 16.7 Å². The van der Waals surface area contributed by atoms with Crippen molar-refractivity contribution < 1.29 is 13.2 Å². The normalized spacial score (nSPS) is 24.5. The van der Waals surface area contributed by atoms with Gasteiger partial charge in [-0.1, -0.05) is 71.9 Å². The zero-order valence-corrected chi connectivity index (χ0v) is 17.4. The summed E-state index contributed by atoms with van der Waals surface area (Å²) in [5.41, 5.74) is 1.79. The molecule has 2 saturated heterocycles. The molecule has 2 aliphatic heterocycles. The summed E-state index contributed by atoms with van der Waals surface area (Å²) in [6.07, 6.45) is 0.122. The topological polar surface area (TPSA) is 66.8 Å². The molecule has 0 aromatic heterocycles. The average Bonchev–Trinajstić information content (AvgIpc) is 3.10. The lowest BCUT2D eigenvalue weighted by molar-refractivity contribution is -0.117. The first-order valence-corrected chi connectivity index (χ1v) is 12.0. The van der Waals surface area contributed by atoms with E-state index in [-0.39, 0.29) is 35.1 Å². The highest BCUT2D eigenvalue weighted by atomic mass is 35.5. The Labute approximate surface area is 173 Å². The largest absolute Gasteiger partial charge is 0.342 e. The molecule has 0 spiro atoms. The van der Waals surface area contributed by atoms with Gasteiger partial charge in [-0.05, 0) is 17.2 Å². The number of amidine groups is 1. The summed E-state index contributed by atoms with van der Waals surface area (Å²) in [5.74, 6) is -0.0443. The maximum absolute atomic E-state index is 12.6. The Balaban J connectivity index is 1.58. The molecule has 2 fully saturated rings. The van der Waals surface area contributed by atoms with E-state index in [4.69, 9.17) is 11.6 Å². The van der Waals surface area contributed by atoms with E-state index in [1.807, 2.05) is 53.4 Å². The van der Waals surface area contributed by atoms with Crippen molar-refractivity contribution >= 4 is 44.3 Å². The van der Waals surface area contributed by atoms with Crippen molar-refractivity contribution in [3.05, 3.63) is 70.7 Å². The fourth-order valence-corrected chi connectivity index (χ4v) is 7.72. The molecule has 2 aromatic carbocycles. The minimum absolute atomic E-state index is 0.0828. The third-order valence-corrected chi connectivity index (χ3v) is 8.51. The van der Waals surface area contributed by atoms with Gasteiger partial charge < -0.3 is 4.90 Å². The zero-order valence-electron chi connectivity index (χ0n) is 15.0. The Morgan fingerprint density at radius 2 is 1.82 bits per heavy atom. The molecule has 28 heavy (non-hydrogen) atoms. The lowest BCUT2D eigenvalue weighted by atomic mass is 10.1. The molecule has 0 unspecified atom stereocenters. The van der Waals surface area contributed by atoms with E-state index >= 15 is 0 Å². The Hall–Kier alpha value is -1.83. The first-order chi connectivity index (χ1) is 13.4. The highest BCUT2D eigenvalue weighted by molar-refractivity contribution is 8.15. The molecule has 2 aliphatic rings. The SMILES string of the molecule is O=C(Cc1ccccc1Cl)N=C1S[C@@H]2CS(=O)(=O)C[C@H]2N1Cc1ccccc1. The van der Waals surface area contributed by atoms with Gasteiger partial charge in [0.2, 0.25) is 0 Å². The average molecular weight is 435 g/mol. The molecule has 0 N–H and O–H groups in total. The molecule has 1 amide bonds. The van der Waals surface area contributed by atoms with Crippen molar-refractivity contribution in [1.29, 1.82) is 0 Å². The number of aliphatic imine (C=N–C) groups is 1. The smallest absolute Gasteiger partial charge is 0.252 e. The molecule has 146 valence electrons. The maximum atomic E-state index is 12.6. The Bertz CT molecular complexity index is 1020. The monoisotopic (exact) mass is 434 g/mol. The van der Waals surface area contributed by atoms with Crippen molar-refractivity contribution in [1.82, 2.24) is 4.90 Å². The van der Waals surface area contributed by atoms with Crippen LogP contribution in [0.15, 0.2) is 59.6 Å². The summed E-state index contributed by atoms with van der Waals surface area (Å²) in [6, 6.07) is 16.9. The van der Waals surface area contributed by atoms with Crippen molar-refractivity contribution in [3.63, 3.8) is 0 Å². The van der Waals surface area contributed by atoms with E-state index in [9.17, 15) is 13.2 Å². The van der Waals surface area contributed by atoms with Crippen molar-refractivity contribution in [2.24, 2.45) is 4.99 Å². The van der Waals surface area contributed by atoms with Gasteiger partial charge in [-0.3, -0.25) is 4.79 Å². The van der Waals surface area contributed by atoms with Crippen molar-refractivity contribution in [2.45, 2.75) is 24.3 Å². The fourth-order valence-electron chi connectivity index (χ4n) is 3.55. The maximum Gasteiger partial charge on any atom is 0.252 e. The second kappa shape index (κ2) is 7.89. The molecule has 2 atom stereocenters. The number of rotatable bonds is 4. The van der Waals surface area contributed by atoms with Crippen molar-refractivity contribution in [2.75, 3.05) is 11.5 Å². The van der Waals surface area contributed by atoms with Crippen LogP contribution in [-0.4, -0.2) is 47.2 Å². The van der Waals surface area contributed by atoms with Crippen LogP contribution in [-0.2, 0) is 27.6 Å². The predicted octanol–water partition coefficient (Wildman–Crippen LogP) is 3.18. The van der Waals surface area contributed by atoms with Crippen LogP contribution in [0.4, 0.5) is 0 Å². The molecular formula is C20H19ClN2O3S2. The summed E-state index contributed by atoms with van der Waals surface area (Å²) in [4.78, 5) is 18.9. The second-order valence-corrected chi connectivity index (χ2v) is 10.7. The van der Waals surface area contributed by atoms with Crippen molar-refractivity contribution in [3.8, 4) is 0 Å². The number of benzene rings is 2. The van der Waals surface area contributed by atoms with Crippen LogP contribution < -0.4 is 0 Å². The van der Waals surface area contributed by atoms with Gasteiger partial charge >= 0.3 is 0 Å². The van der Waals surface area contributed by atoms with Gasteiger partial charge in [0.25, 0.3) is 5.91 Å². The first-order valence-electron chi connectivity index (χ1n) is 8.94. The van der Waals surface area contributed by atoms with Crippen LogP contribution in [0.1, 0.15) is 11.1 Å². The standard InChI is InChI=1S/C20H19ClN2O3S2/c21-16-9-5-4-8-15(16)10-19(24)22-20-23(11-14-6-2-1-3-7-14)17-12-28(25,26)13-18(17)27-20/h1-9,17-18H,10-13H2/t17-,18-/m1/s1. The number of carbonyl (C=O) groups excluding carboxylic acids is 1. The summed E-state index contributed by atoms with van der Waals surface area (Å²) in [5, 5.41) is 1.06. The Kier molecular flexibility index (Phi) is 5.49. The minimum atomic E-state index is -3.06. The third kappa shape index (κ3) is 4.26. The summed E-state index contributed by atoms with van der Waals surface area (Å²) >= 11 is 7.54. The number of fused-ring (bicyclic) bond motifs is 1. The van der Waals surface area contributed by atoms with E-state index in [1.54, 1.807) is 6.07 Å². The highest BCUT2D eigenvalue weighted by Gasteiger charge is 2.48. The van der Waals surface area contributed by atoms with E-state index in [1.165, 1.54) is 11.8 Å². The second-order valence-electron chi connectivity index (χ2n) is 6.97. The molecule has 2 aromatic rings. The van der Waals surface area contributed by atoms with E-state index in [0.717, 1.165) is 11.1 Å². The fraction of sp³-hybridized carbons (Fsp3) is 0.300. The first kappa shape index (κ1) is 19.5. The van der Waals surface area contributed by atoms with Gasteiger partial charge in [-0.2, -0.15) is 4.99 Å². The Morgan fingerprint density at radius 1 is 1.11 bits per heavy atom. The lowest BCUT2D eigenvalue weighted by Gasteiger charge is -2.24. The molecule has 0 aliphatic carbocycles. The highest BCUT2D eigenvalue weighted by Crippen LogP contribution is 2.39. The number of sulfone groups is 1. The number of thioether (sulfide) groups is 1. The minimum Gasteiger partial charge on any atom is -0.342 e. The van der Waals surface area contributed by atoms with Gasteiger partial charge in [0.15, 0.2) is 15.0 Å². The molecule has 5 nitrogen and oxygen atoms in total. The summed E-state index contributed by atoms with van der Waals surface area (Å²) in [7, 11) is -3.06. The number of hydrogen-bond acceptors (Lipinski definition) is 4. The summed E-state index contributed by atoms with van der Waals surface area (Å²) in [6.45, 7) is 0.530. The van der Waals surface area contributed by atoms with Crippen LogP contribution in [0, 0.1) is 0 Å². The van der Waals surface area contributed by atoms with E-state index < -0.39 is 9.84 Å². The number of halogens is 1. The summed E-state index contributed by atoms with van der Waals surface area (Å²) < 4.78 is 24.2. The van der Waals surface area contributed by atoms with Gasteiger partial charge in [0, 0.05) is 16.8 Å². The number of hydrogen-bond donors (Lipinski definition) is 0. The zero-order chi connectivity index (χ0) is 19.7. The quantitative estimate of drug-likeness (QED) is 0.739. The van der Waals surface area contributed by atoms with Crippen LogP contribution >= 0.6 is 23.4 Å². The van der Waals surface area contributed by atoms with Gasteiger partial charge in [0.1, 0.15) is 0 Å². The molecule has 8 heteroatoms. The molecular weight excluding hydrogens is 416 g/mol. The van der Waals surface area contributed by atoms with Gasteiger partial charge in [-0.25, -0.2) is 8.42 Å². The van der Waals surface area contributed by atoms with Crippen LogP contribution in [0.25, 0.3) is 0 Å². The third-order valence-electron chi connectivity index (χ3n) is 4.89. The van der Waals surface area contributed by atoms with Crippen LogP contribution in [0.2, 0.25) is 5.02 Å². The Morgan fingerprint density at radius 3 is 2.57 bits per heavy atom. The molecule has 2 heterocycles. The molecule has 0 radical (unpaired) electrons. The molecule has 0 saturated carbocycles.